The summed E-state index contributed by atoms with van der Waals surface area (Å²) in [6, 6.07) is 22.9. The summed E-state index contributed by atoms with van der Waals surface area (Å²) < 4.78 is 23.9. The van der Waals surface area contributed by atoms with Crippen LogP contribution in [0.2, 0.25) is 0 Å². The second kappa shape index (κ2) is 12.2. The molecule has 3 aromatic rings. The molecule has 0 saturated carbocycles. The molecule has 4 nitrogen and oxygen atoms in total. The zero-order chi connectivity index (χ0) is 23.5. The molecule has 0 aromatic heterocycles. The van der Waals surface area contributed by atoms with Gasteiger partial charge in [-0.1, -0.05) is 74.5 Å². The van der Waals surface area contributed by atoms with Gasteiger partial charge in [-0.15, -0.1) is 0 Å². The lowest BCUT2D eigenvalue weighted by molar-refractivity contribution is -0.136. The van der Waals surface area contributed by atoms with E-state index in [1.807, 2.05) is 12.1 Å². The van der Waals surface area contributed by atoms with E-state index in [1.54, 1.807) is 62.4 Å². The summed E-state index contributed by atoms with van der Waals surface area (Å²) >= 11 is 0. The molecule has 0 spiro atoms. The van der Waals surface area contributed by atoms with Gasteiger partial charge in [0.2, 0.25) is 5.91 Å². The zero-order valence-corrected chi connectivity index (χ0v) is 17.9. The Morgan fingerprint density at radius 3 is 1.69 bits per heavy atom. The van der Waals surface area contributed by atoms with Crippen LogP contribution in [0.4, 0.5) is 14.5 Å². The van der Waals surface area contributed by atoms with E-state index in [-0.39, 0.29) is 11.7 Å². The van der Waals surface area contributed by atoms with Gasteiger partial charge in [-0.3, -0.25) is 9.59 Å². The molecule has 32 heavy (non-hydrogen) atoms. The third kappa shape index (κ3) is 6.94. The number of carbonyl (C=O) groups is 3. The average Bonchev–Trinajstić information content (AvgIpc) is 2.80. The van der Waals surface area contributed by atoms with Gasteiger partial charge in [0.15, 0.2) is 11.6 Å². The van der Waals surface area contributed by atoms with Crippen molar-refractivity contribution in [2.24, 2.45) is 11.8 Å². The lowest BCUT2D eigenvalue weighted by Gasteiger charge is -2.23. The first-order chi connectivity index (χ1) is 15.3. The van der Waals surface area contributed by atoms with Crippen molar-refractivity contribution in [1.82, 2.24) is 0 Å². The molecule has 0 radical (unpaired) electrons. The fourth-order valence-corrected chi connectivity index (χ4v) is 3.03. The minimum Gasteiger partial charge on any atom is -0.325 e. The van der Waals surface area contributed by atoms with E-state index in [4.69, 9.17) is 0 Å². The summed E-state index contributed by atoms with van der Waals surface area (Å²) in [5, 5.41) is 2.74. The van der Waals surface area contributed by atoms with E-state index < -0.39 is 29.4 Å². The Kier molecular flexibility index (Phi) is 9.42. The maximum atomic E-state index is 12.7. The Labute approximate surface area is 186 Å². The molecule has 0 heterocycles. The number of Topliss-reactive ketones (excluding diaryl/α,β-unsaturated/α-hetero) is 1. The Hall–Kier alpha value is -3.67. The monoisotopic (exact) mass is 437 g/mol. The van der Waals surface area contributed by atoms with Crippen LogP contribution in [0.3, 0.4) is 0 Å². The molecule has 2 unspecified atom stereocenters. The van der Waals surface area contributed by atoms with Gasteiger partial charge in [0.25, 0.3) is 0 Å². The van der Waals surface area contributed by atoms with E-state index >= 15 is 0 Å². The predicted octanol–water partition coefficient (Wildman–Crippen LogP) is 5.41. The number of benzene rings is 3. The van der Waals surface area contributed by atoms with Crippen molar-refractivity contribution in [2.75, 3.05) is 5.32 Å². The summed E-state index contributed by atoms with van der Waals surface area (Å²) in [7, 11) is 0. The molecule has 2 atom stereocenters. The van der Waals surface area contributed by atoms with Crippen LogP contribution >= 0.6 is 0 Å². The highest BCUT2D eigenvalue weighted by molar-refractivity contribution is 6.10. The highest BCUT2D eigenvalue weighted by Gasteiger charge is 2.36. The molecule has 0 aliphatic heterocycles. The number of rotatable bonds is 7. The second-order valence-corrected chi connectivity index (χ2v) is 7.38. The summed E-state index contributed by atoms with van der Waals surface area (Å²) in [5.74, 6) is -4.50. The molecule has 166 valence electrons. The van der Waals surface area contributed by atoms with Gasteiger partial charge in [0.05, 0.1) is 5.92 Å². The quantitative estimate of drug-likeness (QED) is 0.397. The van der Waals surface area contributed by atoms with Gasteiger partial charge >= 0.3 is 0 Å². The topological polar surface area (TPSA) is 63.2 Å². The molecule has 1 N–H and O–H groups in total. The highest BCUT2D eigenvalue weighted by atomic mass is 19.2. The zero-order valence-electron chi connectivity index (χ0n) is 17.9. The number of hydrogen-bond donors (Lipinski definition) is 1. The molecule has 6 heteroatoms. The first kappa shape index (κ1) is 24.6. The van der Waals surface area contributed by atoms with Gasteiger partial charge < -0.3 is 10.1 Å². The Bertz CT molecular complexity index is 1000. The fourth-order valence-electron chi connectivity index (χ4n) is 3.03. The van der Waals surface area contributed by atoms with E-state index in [9.17, 15) is 23.2 Å². The second-order valence-electron chi connectivity index (χ2n) is 7.38. The van der Waals surface area contributed by atoms with Crippen LogP contribution in [0.25, 0.3) is 0 Å². The van der Waals surface area contributed by atoms with Crippen molar-refractivity contribution >= 4 is 23.7 Å². The average molecular weight is 437 g/mol. The molecular weight excluding hydrogens is 412 g/mol. The van der Waals surface area contributed by atoms with Crippen LogP contribution in [-0.2, 0) is 14.4 Å². The SMILES string of the molecule is CC(C)C(=O)C(C(=O)Nc1ccccc1)C(C=O)c1ccccc1.Fc1ccccc1F. The summed E-state index contributed by atoms with van der Waals surface area (Å²) in [5.41, 5.74) is 1.26. The fraction of sp³-hybridized carbons (Fsp3) is 0.192. The first-order valence-corrected chi connectivity index (χ1v) is 10.1. The Morgan fingerprint density at radius 1 is 0.781 bits per heavy atom. The third-order valence-electron chi connectivity index (χ3n) is 4.71. The van der Waals surface area contributed by atoms with Crippen molar-refractivity contribution in [3.8, 4) is 0 Å². The lowest BCUT2D eigenvalue weighted by Crippen LogP contribution is -2.37. The lowest BCUT2D eigenvalue weighted by atomic mass is 9.80. The Morgan fingerprint density at radius 2 is 1.25 bits per heavy atom. The van der Waals surface area contributed by atoms with Gasteiger partial charge in [-0.05, 0) is 29.8 Å². The number of aldehydes is 1. The smallest absolute Gasteiger partial charge is 0.236 e. The van der Waals surface area contributed by atoms with E-state index in [2.05, 4.69) is 5.32 Å². The number of carbonyl (C=O) groups excluding carboxylic acids is 3. The summed E-state index contributed by atoms with van der Waals surface area (Å²) in [6.45, 7) is 3.47. The van der Waals surface area contributed by atoms with Gasteiger partial charge in [-0.25, -0.2) is 8.78 Å². The van der Waals surface area contributed by atoms with Gasteiger partial charge in [0, 0.05) is 11.6 Å². The van der Waals surface area contributed by atoms with E-state index in [0.717, 1.165) is 12.1 Å². The van der Waals surface area contributed by atoms with Gasteiger partial charge in [-0.2, -0.15) is 0 Å². The minimum absolute atomic E-state index is 0.246. The Balaban J connectivity index is 0.000000380. The number of amides is 1. The van der Waals surface area contributed by atoms with Crippen molar-refractivity contribution in [3.05, 3.63) is 102 Å². The van der Waals surface area contributed by atoms with E-state index in [1.165, 1.54) is 12.1 Å². The molecule has 3 rings (SSSR count). The molecule has 0 aliphatic carbocycles. The minimum atomic E-state index is -1.05. The molecule has 1 amide bonds. The van der Waals surface area contributed by atoms with Crippen LogP contribution in [0.1, 0.15) is 25.3 Å². The van der Waals surface area contributed by atoms with E-state index in [0.29, 0.717) is 17.5 Å². The van der Waals surface area contributed by atoms with Crippen LogP contribution in [0.15, 0.2) is 84.9 Å². The molecule has 0 saturated heterocycles. The van der Waals surface area contributed by atoms with Crippen molar-refractivity contribution in [1.29, 1.82) is 0 Å². The molecule has 0 aliphatic rings. The highest BCUT2D eigenvalue weighted by Crippen LogP contribution is 2.27. The maximum absolute atomic E-state index is 12.7. The van der Waals surface area contributed by atoms with Crippen molar-refractivity contribution in [3.63, 3.8) is 0 Å². The number of ketones is 1. The molecule has 3 aromatic carbocycles. The predicted molar refractivity (Wildman–Crippen MR) is 120 cm³/mol. The van der Waals surface area contributed by atoms with Crippen molar-refractivity contribution < 1.29 is 23.2 Å². The number of para-hydroxylation sites is 1. The molecule has 0 fully saturated rings. The van der Waals surface area contributed by atoms with Gasteiger partial charge in [0.1, 0.15) is 18.0 Å². The number of nitrogens with one attached hydrogen (secondary N) is 1. The van der Waals surface area contributed by atoms with Crippen molar-refractivity contribution in [2.45, 2.75) is 19.8 Å². The number of halogens is 2. The standard InChI is InChI=1S/C20H21NO3.C6H4F2/c1-14(2)19(23)18(17(13-22)15-9-5-3-6-10-15)20(24)21-16-11-7-4-8-12-16;7-5-3-1-2-4-6(5)8/h3-14,17-18H,1-2H3,(H,21,24);1-4H. The van der Waals surface area contributed by atoms with Crippen LogP contribution in [-0.4, -0.2) is 18.0 Å². The first-order valence-electron chi connectivity index (χ1n) is 10.1. The molecule has 0 bridgehead atoms. The number of anilines is 1. The maximum Gasteiger partial charge on any atom is 0.236 e. The molecular formula is C26H25F2NO3. The largest absolute Gasteiger partial charge is 0.325 e. The summed E-state index contributed by atoms with van der Waals surface area (Å²) in [4.78, 5) is 37.1. The van der Waals surface area contributed by atoms with Crippen LogP contribution in [0.5, 0.6) is 0 Å². The van der Waals surface area contributed by atoms with Crippen LogP contribution < -0.4 is 5.32 Å². The number of hydrogen-bond acceptors (Lipinski definition) is 3. The third-order valence-corrected chi connectivity index (χ3v) is 4.71. The summed E-state index contributed by atoms with van der Waals surface area (Å²) in [6.07, 6.45) is 0.685. The van der Waals surface area contributed by atoms with Crippen LogP contribution in [0, 0.1) is 23.5 Å². The normalized spacial score (nSPS) is 12.2.